The number of nitrogens with zero attached hydrogens (tertiary/aromatic N) is 3. The summed E-state index contributed by atoms with van der Waals surface area (Å²) in [6.45, 7) is 0.636. The van der Waals surface area contributed by atoms with Gasteiger partial charge in [0.15, 0.2) is 0 Å². The second-order valence-electron chi connectivity index (χ2n) is 5.91. The molecule has 128 valence electrons. The number of pyridine rings is 2. The number of fused-ring (bicyclic) bond motifs is 1. The van der Waals surface area contributed by atoms with Crippen molar-refractivity contribution in [3.05, 3.63) is 84.4 Å². The highest BCUT2D eigenvalue weighted by Crippen LogP contribution is 2.28. The number of nitrogens with one attached hydrogen (secondary N) is 1. The average Bonchev–Trinajstić information content (AvgIpc) is 3.11. The first-order valence-corrected chi connectivity index (χ1v) is 8.14. The van der Waals surface area contributed by atoms with E-state index in [1.807, 2.05) is 42.7 Å². The van der Waals surface area contributed by atoms with Gasteiger partial charge in [0.25, 0.3) is 5.91 Å². The third kappa shape index (κ3) is 2.94. The van der Waals surface area contributed by atoms with E-state index in [0.29, 0.717) is 12.1 Å². The SMILES string of the molecule is O=C(NO)c1ccc(Cn2ccc3c(-c4ccncc4)ccnc32)cc1. The number of amides is 1. The fourth-order valence-corrected chi connectivity index (χ4v) is 3.02. The lowest BCUT2D eigenvalue weighted by molar-refractivity contribution is 0.0706. The molecule has 0 unspecified atom stereocenters. The van der Waals surface area contributed by atoms with Crippen molar-refractivity contribution < 1.29 is 10.0 Å². The summed E-state index contributed by atoms with van der Waals surface area (Å²) in [7, 11) is 0. The summed E-state index contributed by atoms with van der Waals surface area (Å²) in [5.74, 6) is -0.522. The summed E-state index contributed by atoms with van der Waals surface area (Å²) in [6.07, 6.45) is 7.38. The molecule has 3 heterocycles. The van der Waals surface area contributed by atoms with Gasteiger partial charge in [-0.3, -0.25) is 15.0 Å². The maximum atomic E-state index is 11.4. The normalized spacial score (nSPS) is 10.8. The van der Waals surface area contributed by atoms with Gasteiger partial charge in [0.2, 0.25) is 0 Å². The third-order valence-electron chi connectivity index (χ3n) is 4.32. The van der Waals surface area contributed by atoms with E-state index in [9.17, 15) is 4.79 Å². The molecule has 6 nitrogen and oxygen atoms in total. The van der Waals surface area contributed by atoms with Gasteiger partial charge < -0.3 is 4.57 Å². The Hall–Kier alpha value is -3.51. The molecule has 0 fully saturated rings. The van der Waals surface area contributed by atoms with Crippen LogP contribution in [0.25, 0.3) is 22.2 Å². The highest BCUT2D eigenvalue weighted by atomic mass is 16.5. The monoisotopic (exact) mass is 344 g/mol. The van der Waals surface area contributed by atoms with E-state index in [-0.39, 0.29) is 0 Å². The van der Waals surface area contributed by atoms with Gasteiger partial charge in [0, 0.05) is 42.3 Å². The van der Waals surface area contributed by atoms with E-state index in [2.05, 4.69) is 20.6 Å². The number of hydrogen-bond acceptors (Lipinski definition) is 4. The summed E-state index contributed by atoms with van der Waals surface area (Å²) < 4.78 is 2.07. The molecule has 0 aliphatic rings. The average molecular weight is 344 g/mol. The van der Waals surface area contributed by atoms with Gasteiger partial charge in [-0.25, -0.2) is 10.5 Å². The maximum absolute atomic E-state index is 11.4. The van der Waals surface area contributed by atoms with Crippen LogP contribution in [0.1, 0.15) is 15.9 Å². The Morgan fingerprint density at radius 2 is 1.77 bits per heavy atom. The summed E-state index contributed by atoms with van der Waals surface area (Å²) in [4.78, 5) is 20.0. The van der Waals surface area contributed by atoms with Gasteiger partial charge in [-0.15, -0.1) is 0 Å². The lowest BCUT2D eigenvalue weighted by atomic mass is 10.1. The van der Waals surface area contributed by atoms with E-state index in [0.717, 1.165) is 27.7 Å². The Bertz CT molecular complexity index is 1060. The maximum Gasteiger partial charge on any atom is 0.274 e. The fraction of sp³-hybridized carbons (Fsp3) is 0.0500. The quantitative estimate of drug-likeness (QED) is 0.440. The summed E-state index contributed by atoms with van der Waals surface area (Å²) in [6, 6.07) is 15.1. The van der Waals surface area contributed by atoms with Gasteiger partial charge in [-0.1, -0.05) is 12.1 Å². The second kappa shape index (κ2) is 6.78. The smallest absolute Gasteiger partial charge is 0.274 e. The van der Waals surface area contributed by atoms with E-state index < -0.39 is 5.91 Å². The molecule has 0 aliphatic carbocycles. The Labute approximate surface area is 149 Å². The van der Waals surface area contributed by atoms with Crippen LogP contribution in [0.4, 0.5) is 0 Å². The minimum atomic E-state index is -0.522. The molecule has 1 aromatic carbocycles. The van der Waals surface area contributed by atoms with Crippen LogP contribution in [0.15, 0.2) is 73.3 Å². The molecule has 4 aromatic rings. The van der Waals surface area contributed by atoms with E-state index in [4.69, 9.17) is 5.21 Å². The van der Waals surface area contributed by atoms with Crippen molar-refractivity contribution in [1.29, 1.82) is 0 Å². The Morgan fingerprint density at radius 3 is 2.50 bits per heavy atom. The van der Waals surface area contributed by atoms with Gasteiger partial charge in [0.1, 0.15) is 5.65 Å². The zero-order valence-corrected chi connectivity index (χ0v) is 13.8. The molecule has 0 saturated heterocycles. The Kier molecular flexibility index (Phi) is 4.17. The first-order valence-electron chi connectivity index (χ1n) is 8.14. The molecule has 26 heavy (non-hydrogen) atoms. The highest BCUT2D eigenvalue weighted by molar-refractivity contribution is 5.94. The lowest BCUT2D eigenvalue weighted by Crippen LogP contribution is -2.18. The Morgan fingerprint density at radius 1 is 1.00 bits per heavy atom. The van der Waals surface area contributed by atoms with Crippen molar-refractivity contribution in [2.75, 3.05) is 0 Å². The van der Waals surface area contributed by atoms with Crippen LogP contribution in [0.3, 0.4) is 0 Å². The van der Waals surface area contributed by atoms with Gasteiger partial charge in [-0.05, 0) is 53.1 Å². The number of rotatable bonds is 4. The van der Waals surface area contributed by atoms with Crippen LogP contribution in [0.5, 0.6) is 0 Å². The standard InChI is InChI=1S/C20H16N4O2/c25-20(23-26)16-3-1-14(2-4-16)13-24-12-8-18-17(7-11-22-19(18)24)15-5-9-21-10-6-15/h1-12,26H,13H2,(H,23,25). The predicted octanol–water partition coefficient (Wildman–Crippen LogP) is 3.27. The van der Waals surface area contributed by atoms with E-state index in [1.54, 1.807) is 30.0 Å². The number of carbonyl (C=O) groups excluding carboxylic acids is 1. The molecule has 0 bridgehead atoms. The molecule has 0 aliphatic heterocycles. The molecule has 6 heteroatoms. The minimum absolute atomic E-state index is 0.409. The van der Waals surface area contributed by atoms with Crippen molar-refractivity contribution in [2.24, 2.45) is 0 Å². The number of benzene rings is 1. The van der Waals surface area contributed by atoms with E-state index in [1.165, 1.54) is 0 Å². The van der Waals surface area contributed by atoms with Crippen molar-refractivity contribution in [3.63, 3.8) is 0 Å². The largest absolute Gasteiger partial charge is 0.328 e. The van der Waals surface area contributed by atoms with Gasteiger partial charge in [-0.2, -0.15) is 0 Å². The summed E-state index contributed by atoms with van der Waals surface area (Å²) >= 11 is 0. The predicted molar refractivity (Wildman–Crippen MR) is 97.8 cm³/mol. The topological polar surface area (TPSA) is 80.0 Å². The van der Waals surface area contributed by atoms with Crippen molar-refractivity contribution in [3.8, 4) is 11.1 Å². The Balaban J connectivity index is 1.67. The van der Waals surface area contributed by atoms with Crippen LogP contribution in [-0.4, -0.2) is 25.6 Å². The lowest BCUT2D eigenvalue weighted by Gasteiger charge is -2.08. The fourth-order valence-electron chi connectivity index (χ4n) is 3.02. The van der Waals surface area contributed by atoms with Crippen LogP contribution in [0.2, 0.25) is 0 Å². The van der Waals surface area contributed by atoms with Crippen LogP contribution >= 0.6 is 0 Å². The zero-order valence-electron chi connectivity index (χ0n) is 13.8. The molecule has 0 saturated carbocycles. The molecular weight excluding hydrogens is 328 g/mol. The number of aromatic nitrogens is 3. The molecule has 4 rings (SSSR count). The zero-order chi connectivity index (χ0) is 17.9. The van der Waals surface area contributed by atoms with Crippen LogP contribution < -0.4 is 5.48 Å². The molecule has 0 spiro atoms. The number of hydroxylamine groups is 1. The van der Waals surface area contributed by atoms with Crippen molar-refractivity contribution >= 4 is 16.9 Å². The van der Waals surface area contributed by atoms with Crippen molar-refractivity contribution in [2.45, 2.75) is 6.54 Å². The molecule has 3 aromatic heterocycles. The number of carbonyl (C=O) groups is 1. The molecule has 2 N–H and O–H groups in total. The van der Waals surface area contributed by atoms with E-state index >= 15 is 0 Å². The van der Waals surface area contributed by atoms with Crippen molar-refractivity contribution in [1.82, 2.24) is 20.0 Å². The third-order valence-corrected chi connectivity index (χ3v) is 4.32. The number of hydrogen-bond donors (Lipinski definition) is 2. The van der Waals surface area contributed by atoms with Gasteiger partial charge >= 0.3 is 0 Å². The minimum Gasteiger partial charge on any atom is -0.328 e. The highest BCUT2D eigenvalue weighted by Gasteiger charge is 2.09. The molecule has 0 radical (unpaired) electrons. The van der Waals surface area contributed by atoms with Gasteiger partial charge in [0.05, 0.1) is 0 Å². The molecular formula is C20H16N4O2. The first kappa shape index (κ1) is 16.0. The summed E-state index contributed by atoms with van der Waals surface area (Å²) in [5, 5.41) is 9.77. The molecule has 1 amide bonds. The van der Waals surface area contributed by atoms with Crippen LogP contribution in [-0.2, 0) is 6.54 Å². The summed E-state index contributed by atoms with van der Waals surface area (Å²) in [5.41, 5.74) is 6.20. The first-order chi connectivity index (χ1) is 12.8. The van der Waals surface area contributed by atoms with Crippen LogP contribution in [0, 0.1) is 0 Å². The second-order valence-corrected chi connectivity index (χ2v) is 5.91. The molecule has 0 atom stereocenters.